The highest BCUT2D eigenvalue weighted by Crippen LogP contribution is 2.32. The number of fused-ring (bicyclic) bond motifs is 1. The van der Waals surface area contributed by atoms with Gasteiger partial charge in [0, 0.05) is 48.3 Å². The van der Waals surface area contributed by atoms with Crippen molar-refractivity contribution in [2.24, 2.45) is 0 Å². The summed E-state index contributed by atoms with van der Waals surface area (Å²) in [6.07, 6.45) is 2.16. The molecule has 0 saturated carbocycles. The van der Waals surface area contributed by atoms with Crippen LogP contribution in [0.25, 0.3) is 39.5 Å². The molecule has 0 aliphatic carbocycles. The standard InChI is InChI=1S/C36H31N7O4.C2H6/c37-33-29(5-2-14-38-33)34-41-31-12-11-30(24-3-1-4-28(20-24)42-15-17-47-18-16-42)40-35(31)43(34)27-9-6-23(7-10-27)21-39-36(46)25-8-13-32(45)26(19-25)22-44;1-2/h1-14,19-20,22,45H,15-18,21H2,(H2,37,38)(H,39,46);1-2H3. The zero-order valence-corrected chi connectivity index (χ0v) is 27.3. The zero-order chi connectivity index (χ0) is 34.3. The number of amides is 1. The van der Waals surface area contributed by atoms with Gasteiger partial charge < -0.3 is 25.8 Å². The molecule has 1 aliphatic heterocycles. The number of nitrogen functional groups attached to an aromatic ring is 1. The Hall–Kier alpha value is -6.07. The van der Waals surface area contributed by atoms with E-state index in [1.165, 1.54) is 18.2 Å². The van der Waals surface area contributed by atoms with E-state index in [0.717, 1.165) is 41.3 Å². The first kappa shape index (κ1) is 32.9. The Morgan fingerprint density at radius 1 is 0.939 bits per heavy atom. The lowest BCUT2D eigenvalue weighted by molar-refractivity contribution is 0.0951. The second-order valence-corrected chi connectivity index (χ2v) is 11.1. The molecular formula is C38H37N7O4. The highest BCUT2D eigenvalue weighted by atomic mass is 16.5. The number of nitrogens with two attached hydrogens (primary N) is 1. The number of anilines is 2. The van der Waals surface area contributed by atoms with E-state index in [9.17, 15) is 14.7 Å². The summed E-state index contributed by atoms with van der Waals surface area (Å²) in [7, 11) is 0. The molecule has 3 aromatic carbocycles. The van der Waals surface area contributed by atoms with Crippen molar-refractivity contribution in [1.82, 2.24) is 24.8 Å². The molecule has 4 heterocycles. The fourth-order valence-electron chi connectivity index (χ4n) is 5.67. The number of nitrogens with zero attached hydrogens (tertiary/aromatic N) is 5. The minimum atomic E-state index is -0.360. The number of phenolic OH excluding ortho intramolecular Hbond substituents is 1. The second kappa shape index (κ2) is 14.8. The van der Waals surface area contributed by atoms with Gasteiger partial charge in [-0.05, 0) is 72.3 Å². The third kappa shape index (κ3) is 6.97. The summed E-state index contributed by atoms with van der Waals surface area (Å²) in [5, 5.41) is 12.6. The average Bonchev–Trinajstić information content (AvgIpc) is 3.54. The summed E-state index contributed by atoms with van der Waals surface area (Å²) in [6, 6.07) is 27.9. The number of aldehydes is 1. The van der Waals surface area contributed by atoms with Gasteiger partial charge in [-0.3, -0.25) is 14.2 Å². The van der Waals surface area contributed by atoms with Crippen molar-refractivity contribution >= 4 is 34.9 Å². The van der Waals surface area contributed by atoms with Crippen molar-refractivity contribution in [3.05, 3.63) is 114 Å². The van der Waals surface area contributed by atoms with E-state index >= 15 is 0 Å². The van der Waals surface area contributed by atoms with Crippen molar-refractivity contribution in [1.29, 1.82) is 0 Å². The number of hydrogen-bond acceptors (Lipinski definition) is 9. The molecule has 0 atom stereocenters. The van der Waals surface area contributed by atoms with Crippen LogP contribution >= 0.6 is 0 Å². The van der Waals surface area contributed by atoms with E-state index in [2.05, 4.69) is 33.4 Å². The number of phenols is 1. The Morgan fingerprint density at radius 2 is 1.73 bits per heavy atom. The van der Waals surface area contributed by atoms with Crippen LogP contribution in [0.3, 0.4) is 0 Å². The van der Waals surface area contributed by atoms with Crippen LogP contribution in [0, 0.1) is 0 Å². The van der Waals surface area contributed by atoms with Gasteiger partial charge in [-0.1, -0.05) is 38.1 Å². The highest BCUT2D eigenvalue weighted by Gasteiger charge is 2.19. The lowest BCUT2D eigenvalue weighted by Crippen LogP contribution is -2.36. The largest absolute Gasteiger partial charge is 0.507 e. The van der Waals surface area contributed by atoms with Crippen molar-refractivity contribution in [3.63, 3.8) is 0 Å². The normalized spacial score (nSPS) is 12.7. The van der Waals surface area contributed by atoms with Gasteiger partial charge in [0.2, 0.25) is 0 Å². The van der Waals surface area contributed by atoms with Gasteiger partial charge >= 0.3 is 0 Å². The summed E-state index contributed by atoms with van der Waals surface area (Å²) < 4.78 is 7.50. The minimum Gasteiger partial charge on any atom is -0.507 e. The molecule has 49 heavy (non-hydrogen) atoms. The Bertz CT molecular complexity index is 2100. The molecule has 248 valence electrons. The van der Waals surface area contributed by atoms with E-state index in [1.54, 1.807) is 6.20 Å². The smallest absolute Gasteiger partial charge is 0.251 e. The van der Waals surface area contributed by atoms with Crippen molar-refractivity contribution in [3.8, 4) is 34.1 Å². The molecule has 11 heteroatoms. The maximum Gasteiger partial charge on any atom is 0.251 e. The number of morpholine rings is 1. The molecule has 0 unspecified atom stereocenters. The Balaban J connectivity index is 0.00000205. The van der Waals surface area contributed by atoms with Crippen LogP contribution < -0.4 is 16.0 Å². The fraction of sp³-hybridized carbons (Fsp3) is 0.184. The molecule has 4 N–H and O–H groups in total. The summed E-state index contributed by atoms with van der Waals surface area (Å²) in [4.78, 5) is 40.6. The number of pyridine rings is 2. The molecule has 6 aromatic rings. The number of carbonyl (C=O) groups excluding carboxylic acids is 2. The van der Waals surface area contributed by atoms with Gasteiger partial charge in [-0.25, -0.2) is 15.0 Å². The van der Waals surface area contributed by atoms with Crippen LogP contribution in [0.4, 0.5) is 11.5 Å². The lowest BCUT2D eigenvalue weighted by atomic mass is 10.1. The highest BCUT2D eigenvalue weighted by molar-refractivity contribution is 5.96. The van der Waals surface area contributed by atoms with Crippen LogP contribution in [0.5, 0.6) is 5.75 Å². The molecule has 1 aliphatic rings. The van der Waals surface area contributed by atoms with Crippen LogP contribution in [-0.4, -0.2) is 63.1 Å². The molecule has 0 bridgehead atoms. The molecule has 1 fully saturated rings. The molecule has 7 rings (SSSR count). The molecule has 3 aromatic heterocycles. The van der Waals surface area contributed by atoms with Crippen LogP contribution in [-0.2, 0) is 11.3 Å². The number of imidazole rings is 1. The predicted octanol–water partition coefficient (Wildman–Crippen LogP) is 6.04. The molecule has 0 spiro atoms. The van der Waals surface area contributed by atoms with Crippen molar-refractivity contribution in [2.75, 3.05) is 36.9 Å². The summed E-state index contributed by atoms with van der Waals surface area (Å²) in [5.41, 5.74) is 13.3. The number of ether oxygens (including phenoxy) is 1. The Labute approximate surface area is 284 Å². The third-order valence-electron chi connectivity index (χ3n) is 8.17. The Kier molecular flexibility index (Phi) is 9.91. The van der Waals surface area contributed by atoms with Crippen LogP contribution in [0.15, 0.2) is 97.2 Å². The molecular weight excluding hydrogens is 618 g/mol. The number of aromatic nitrogens is 4. The quantitative estimate of drug-likeness (QED) is 0.167. The van der Waals surface area contributed by atoms with E-state index in [1.807, 2.05) is 73.0 Å². The third-order valence-corrected chi connectivity index (χ3v) is 8.17. The van der Waals surface area contributed by atoms with Gasteiger partial charge in [0.25, 0.3) is 5.91 Å². The van der Waals surface area contributed by atoms with Crippen LogP contribution in [0.1, 0.15) is 40.1 Å². The first-order valence-corrected chi connectivity index (χ1v) is 16.2. The number of carbonyl (C=O) groups is 2. The number of benzene rings is 3. The van der Waals surface area contributed by atoms with Gasteiger partial charge in [0.1, 0.15) is 17.1 Å². The monoisotopic (exact) mass is 655 g/mol. The predicted molar refractivity (Wildman–Crippen MR) is 191 cm³/mol. The van der Waals surface area contributed by atoms with Crippen molar-refractivity contribution in [2.45, 2.75) is 20.4 Å². The van der Waals surface area contributed by atoms with Gasteiger partial charge in [-0.2, -0.15) is 0 Å². The van der Waals surface area contributed by atoms with E-state index in [0.29, 0.717) is 47.9 Å². The maximum absolute atomic E-state index is 12.7. The van der Waals surface area contributed by atoms with Gasteiger partial charge in [-0.15, -0.1) is 0 Å². The van der Waals surface area contributed by atoms with Gasteiger partial charge in [0.05, 0.1) is 30.0 Å². The lowest BCUT2D eigenvalue weighted by Gasteiger charge is -2.29. The molecule has 1 saturated heterocycles. The number of hydrogen-bond donors (Lipinski definition) is 3. The maximum atomic E-state index is 12.7. The van der Waals surface area contributed by atoms with E-state index < -0.39 is 0 Å². The van der Waals surface area contributed by atoms with E-state index in [-0.39, 0.29) is 29.3 Å². The molecule has 1 amide bonds. The zero-order valence-electron chi connectivity index (χ0n) is 27.3. The molecule has 0 radical (unpaired) electrons. The molecule has 11 nitrogen and oxygen atoms in total. The van der Waals surface area contributed by atoms with Crippen LogP contribution in [0.2, 0.25) is 0 Å². The number of nitrogens with one attached hydrogen (secondary N) is 1. The summed E-state index contributed by atoms with van der Waals surface area (Å²) >= 11 is 0. The second-order valence-electron chi connectivity index (χ2n) is 11.1. The topological polar surface area (TPSA) is 148 Å². The fourth-order valence-corrected chi connectivity index (χ4v) is 5.67. The SMILES string of the molecule is CC.Nc1ncccc1-c1nc2ccc(-c3cccc(N4CCOCC4)c3)nc2n1-c1ccc(CNC(=O)c2ccc(O)c(C=O)c2)cc1. The number of aromatic hydroxyl groups is 1. The summed E-state index contributed by atoms with van der Waals surface area (Å²) in [6.45, 7) is 7.36. The Morgan fingerprint density at radius 3 is 2.49 bits per heavy atom. The number of rotatable bonds is 8. The minimum absolute atomic E-state index is 0.0567. The van der Waals surface area contributed by atoms with Crippen molar-refractivity contribution < 1.29 is 19.4 Å². The summed E-state index contributed by atoms with van der Waals surface area (Å²) in [5.74, 6) is 0.432. The first-order chi connectivity index (χ1) is 24.0. The first-order valence-electron chi connectivity index (χ1n) is 16.2. The average molecular weight is 656 g/mol. The van der Waals surface area contributed by atoms with Gasteiger partial charge in [0.15, 0.2) is 17.8 Å². The van der Waals surface area contributed by atoms with E-state index in [4.69, 9.17) is 20.4 Å².